The van der Waals surface area contributed by atoms with Crippen LogP contribution < -0.4 is 4.74 Å². The maximum Gasteiger partial charge on any atom is 0.316 e. The second-order valence-electron chi connectivity index (χ2n) is 7.29. The minimum Gasteiger partial charge on any atom is -0.463 e. The van der Waals surface area contributed by atoms with Gasteiger partial charge in [-0.05, 0) is 44.4 Å². The molecular weight excluding hydrogens is 344 g/mol. The molecular formula is C20H24N4O3. The fourth-order valence-corrected chi connectivity index (χ4v) is 3.88. The molecule has 0 bridgehead atoms. The van der Waals surface area contributed by atoms with Gasteiger partial charge in [0.25, 0.3) is 5.91 Å². The molecule has 0 N–H and O–H groups in total. The van der Waals surface area contributed by atoms with Gasteiger partial charge in [-0.2, -0.15) is 0 Å². The van der Waals surface area contributed by atoms with Crippen molar-refractivity contribution in [2.24, 2.45) is 11.8 Å². The van der Waals surface area contributed by atoms with Crippen LogP contribution in [-0.2, 0) is 4.74 Å². The molecule has 2 saturated heterocycles. The minimum atomic E-state index is -0.0140. The second kappa shape index (κ2) is 7.60. The fraction of sp³-hybridized carbons (Fsp3) is 0.500. The van der Waals surface area contributed by atoms with Crippen molar-refractivity contribution >= 4 is 5.91 Å². The Morgan fingerprint density at radius 2 is 2.07 bits per heavy atom. The first kappa shape index (κ1) is 17.9. The summed E-state index contributed by atoms with van der Waals surface area (Å²) in [5.74, 6) is 0.712. The van der Waals surface area contributed by atoms with Crippen LogP contribution in [0.3, 0.4) is 0 Å². The van der Waals surface area contributed by atoms with Crippen LogP contribution in [0.25, 0.3) is 0 Å². The zero-order chi connectivity index (χ0) is 18.8. The highest BCUT2D eigenvalue weighted by atomic mass is 16.5. The number of pyridine rings is 1. The average Bonchev–Trinajstić information content (AvgIpc) is 3.23. The number of amides is 1. The summed E-state index contributed by atoms with van der Waals surface area (Å²) in [6, 6.07) is 7.80. The summed E-state index contributed by atoms with van der Waals surface area (Å²) in [5.41, 5.74) is 2.25. The first-order valence-electron chi connectivity index (χ1n) is 9.37. The number of ether oxygens (including phenoxy) is 2. The van der Waals surface area contributed by atoms with Crippen molar-refractivity contribution in [3.63, 3.8) is 0 Å². The number of hydrogen-bond donors (Lipinski definition) is 0. The summed E-state index contributed by atoms with van der Waals surface area (Å²) >= 11 is 0. The van der Waals surface area contributed by atoms with Gasteiger partial charge in [0.1, 0.15) is 5.69 Å². The number of hydrogen-bond acceptors (Lipinski definition) is 6. The van der Waals surface area contributed by atoms with E-state index in [0.717, 1.165) is 24.4 Å². The molecule has 142 valence electrons. The van der Waals surface area contributed by atoms with Gasteiger partial charge in [0.15, 0.2) is 0 Å². The van der Waals surface area contributed by atoms with Crippen molar-refractivity contribution in [3.8, 4) is 6.01 Å². The van der Waals surface area contributed by atoms with Crippen molar-refractivity contribution in [1.29, 1.82) is 0 Å². The number of nitrogens with zero attached hydrogens (tertiary/aromatic N) is 4. The van der Waals surface area contributed by atoms with Gasteiger partial charge in [-0.3, -0.25) is 4.79 Å². The molecule has 4 heterocycles. The molecule has 2 aliphatic rings. The van der Waals surface area contributed by atoms with Crippen molar-refractivity contribution in [2.75, 3.05) is 26.3 Å². The highest BCUT2D eigenvalue weighted by Crippen LogP contribution is 2.36. The molecule has 0 unspecified atom stereocenters. The molecule has 27 heavy (non-hydrogen) atoms. The van der Waals surface area contributed by atoms with Crippen LogP contribution in [0.2, 0.25) is 0 Å². The molecule has 7 nitrogen and oxygen atoms in total. The number of carbonyl (C=O) groups is 1. The summed E-state index contributed by atoms with van der Waals surface area (Å²) in [6.45, 7) is 6.43. The van der Waals surface area contributed by atoms with E-state index in [1.165, 1.54) is 0 Å². The Balaban J connectivity index is 1.32. The Kier molecular flexibility index (Phi) is 5.03. The Morgan fingerprint density at radius 3 is 2.89 bits per heavy atom. The first-order valence-corrected chi connectivity index (χ1v) is 9.37. The lowest BCUT2D eigenvalue weighted by Gasteiger charge is -2.19. The van der Waals surface area contributed by atoms with Gasteiger partial charge in [0.2, 0.25) is 0 Å². The van der Waals surface area contributed by atoms with Crippen molar-refractivity contribution in [2.45, 2.75) is 26.4 Å². The third-order valence-corrected chi connectivity index (χ3v) is 5.33. The van der Waals surface area contributed by atoms with Gasteiger partial charge < -0.3 is 14.4 Å². The SMILES string of the molecule is Cc1cccc(C(=O)N2C[C@H]3[C@@H](CCOc4nccc(C)n4)CO[C@H]3C2)n1. The van der Waals surface area contributed by atoms with E-state index >= 15 is 0 Å². The first-order chi connectivity index (χ1) is 13.1. The van der Waals surface area contributed by atoms with Crippen molar-refractivity contribution in [1.82, 2.24) is 19.9 Å². The quantitative estimate of drug-likeness (QED) is 0.804. The van der Waals surface area contributed by atoms with E-state index in [9.17, 15) is 4.79 Å². The lowest BCUT2D eigenvalue weighted by Crippen LogP contribution is -2.32. The molecule has 2 fully saturated rings. The van der Waals surface area contributed by atoms with Crippen LogP contribution in [0.5, 0.6) is 6.01 Å². The van der Waals surface area contributed by atoms with Gasteiger partial charge >= 0.3 is 6.01 Å². The Labute approximate surface area is 158 Å². The summed E-state index contributed by atoms with van der Waals surface area (Å²) in [4.78, 5) is 27.3. The number of rotatable bonds is 5. The molecule has 0 radical (unpaired) electrons. The maximum absolute atomic E-state index is 12.7. The number of aromatic nitrogens is 3. The van der Waals surface area contributed by atoms with E-state index in [1.807, 2.05) is 36.9 Å². The molecule has 0 aliphatic carbocycles. The smallest absolute Gasteiger partial charge is 0.316 e. The summed E-state index contributed by atoms with van der Waals surface area (Å²) in [5, 5.41) is 0. The molecule has 2 aliphatic heterocycles. The average molecular weight is 368 g/mol. The molecule has 0 aromatic carbocycles. The third kappa shape index (κ3) is 3.93. The molecule has 0 saturated carbocycles. The van der Waals surface area contributed by atoms with Gasteiger partial charge in [0.05, 0.1) is 19.3 Å². The zero-order valence-electron chi connectivity index (χ0n) is 15.7. The molecule has 7 heteroatoms. The molecule has 2 aromatic heterocycles. The number of carbonyl (C=O) groups excluding carboxylic acids is 1. The predicted octanol–water partition coefficient (Wildman–Crippen LogP) is 2.04. The molecule has 2 aromatic rings. The third-order valence-electron chi connectivity index (χ3n) is 5.33. The Bertz CT molecular complexity index is 828. The number of fused-ring (bicyclic) bond motifs is 1. The molecule has 0 spiro atoms. The standard InChI is InChI=1S/C20H24N4O3/c1-13-4-3-5-17(22-13)19(25)24-10-16-15(12-27-18(16)11-24)7-9-26-20-21-8-6-14(2)23-20/h3-6,8,15-16,18H,7,9-12H2,1-2H3/t15-,16-,18-/m0/s1. The fourth-order valence-electron chi connectivity index (χ4n) is 3.88. The maximum atomic E-state index is 12.7. The highest BCUT2D eigenvalue weighted by Gasteiger charge is 2.45. The monoisotopic (exact) mass is 368 g/mol. The normalized spacial score (nSPS) is 24.1. The largest absolute Gasteiger partial charge is 0.463 e. The Morgan fingerprint density at radius 1 is 1.22 bits per heavy atom. The predicted molar refractivity (Wildman–Crippen MR) is 98.5 cm³/mol. The highest BCUT2D eigenvalue weighted by molar-refractivity contribution is 5.92. The second-order valence-corrected chi connectivity index (χ2v) is 7.29. The van der Waals surface area contributed by atoms with Crippen LogP contribution in [0.15, 0.2) is 30.5 Å². The lowest BCUT2D eigenvalue weighted by atomic mass is 9.91. The summed E-state index contributed by atoms with van der Waals surface area (Å²) in [7, 11) is 0. The van der Waals surface area contributed by atoms with Crippen molar-refractivity contribution in [3.05, 3.63) is 47.5 Å². The summed E-state index contributed by atoms with van der Waals surface area (Å²) in [6.07, 6.45) is 2.68. The minimum absolute atomic E-state index is 0.0140. The molecule has 3 atom stereocenters. The molecule has 1 amide bonds. The van der Waals surface area contributed by atoms with E-state index in [0.29, 0.717) is 43.2 Å². The number of likely N-dealkylation sites (tertiary alicyclic amines) is 1. The van der Waals surface area contributed by atoms with Crippen LogP contribution in [0, 0.1) is 25.7 Å². The van der Waals surface area contributed by atoms with Crippen LogP contribution >= 0.6 is 0 Å². The van der Waals surface area contributed by atoms with Gasteiger partial charge in [-0.25, -0.2) is 15.0 Å². The number of aryl methyl sites for hydroxylation is 2. The summed E-state index contributed by atoms with van der Waals surface area (Å²) < 4.78 is 11.6. The zero-order valence-corrected chi connectivity index (χ0v) is 15.7. The Hall–Kier alpha value is -2.54. The van der Waals surface area contributed by atoms with E-state index < -0.39 is 0 Å². The van der Waals surface area contributed by atoms with Gasteiger partial charge in [-0.1, -0.05) is 6.07 Å². The van der Waals surface area contributed by atoms with Crippen molar-refractivity contribution < 1.29 is 14.3 Å². The van der Waals surface area contributed by atoms with E-state index in [-0.39, 0.29) is 12.0 Å². The van der Waals surface area contributed by atoms with Crippen LogP contribution in [0.4, 0.5) is 0 Å². The van der Waals surface area contributed by atoms with Crippen LogP contribution in [-0.4, -0.2) is 58.2 Å². The van der Waals surface area contributed by atoms with E-state index in [1.54, 1.807) is 12.3 Å². The van der Waals surface area contributed by atoms with Gasteiger partial charge in [-0.15, -0.1) is 0 Å². The van der Waals surface area contributed by atoms with E-state index in [4.69, 9.17) is 9.47 Å². The topological polar surface area (TPSA) is 77.4 Å². The molecule has 4 rings (SSSR count). The lowest BCUT2D eigenvalue weighted by molar-refractivity contribution is 0.0667. The van der Waals surface area contributed by atoms with Gasteiger partial charge in [0, 0.05) is 36.6 Å². The van der Waals surface area contributed by atoms with E-state index in [2.05, 4.69) is 15.0 Å². The van der Waals surface area contributed by atoms with Crippen LogP contribution in [0.1, 0.15) is 28.3 Å².